The number of anilines is 5. The van der Waals surface area contributed by atoms with Gasteiger partial charge in [0, 0.05) is 29.8 Å². The topological polar surface area (TPSA) is 342 Å². The molecule has 16 rings (SSSR count). The molecule has 0 atom stereocenters. The number of H-pyrrole nitrogens is 2. The zero-order valence-corrected chi connectivity index (χ0v) is 68.4. The number of ketones is 1. The number of nitrogens with zero attached hydrogens (tertiary/aromatic N) is 6. The Morgan fingerprint density at radius 3 is 1.50 bits per heavy atom. The van der Waals surface area contributed by atoms with Crippen molar-refractivity contribution in [3.05, 3.63) is 345 Å². The monoisotopic (exact) mass is 1660 g/mol. The molecule has 0 unspecified atom stereocenters. The van der Waals surface area contributed by atoms with Gasteiger partial charge in [0.2, 0.25) is 0 Å². The number of aromatic nitrogens is 4. The lowest BCUT2D eigenvalue weighted by Gasteiger charge is -2.15. The van der Waals surface area contributed by atoms with Crippen molar-refractivity contribution in [3.63, 3.8) is 0 Å². The molecule has 3 aliphatic rings. The van der Waals surface area contributed by atoms with Gasteiger partial charge in [0.15, 0.2) is 28.7 Å². The minimum Gasteiger partial charge on any atom is -0.359 e. The molecule has 24 nitrogen and oxygen atoms in total. The lowest BCUT2D eigenvalue weighted by atomic mass is 9.95. The molecule has 118 heavy (non-hydrogen) atoms. The predicted octanol–water partition coefficient (Wildman–Crippen LogP) is 19.1. The van der Waals surface area contributed by atoms with Crippen LogP contribution >= 0.6 is 0 Å². The molecule has 0 spiro atoms. The first-order valence-electron chi connectivity index (χ1n) is 36.5. The Hall–Kier alpha value is -14.0. The third-order valence-electron chi connectivity index (χ3n) is 19.4. The normalized spacial score (nSPS) is 12.3. The highest BCUT2D eigenvalue weighted by molar-refractivity contribution is 7.94. The van der Waals surface area contributed by atoms with Crippen molar-refractivity contribution in [2.75, 3.05) is 23.6 Å². The van der Waals surface area contributed by atoms with Crippen molar-refractivity contribution in [2.45, 2.75) is 91.7 Å². The van der Waals surface area contributed by atoms with E-state index in [1.807, 2.05) is 127 Å². The molecule has 0 saturated heterocycles. The summed E-state index contributed by atoms with van der Waals surface area (Å²) in [6.45, 7) is 32.8. The Labute approximate surface area is 685 Å². The van der Waals surface area contributed by atoms with E-state index in [9.17, 15) is 46.9 Å². The van der Waals surface area contributed by atoms with Crippen molar-refractivity contribution in [2.24, 2.45) is 0 Å². The number of nitriles is 1. The summed E-state index contributed by atoms with van der Waals surface area (Å²) in [6, 6.07) is 60.3. The van der Waals surface area contributed by atoms with Crippen molar-refractivity contribution in [1.29, 1.82) is 5.26 Å². The average Bonchev–Trinajstić information content (AvgIpc) is 1.61. The van der Waals surface area contributed by atoms with Crippen molar-refractivity contribution < 1.29 is 46.9 Å². The smallest absolute Gasteiger partial charge is 0.263 e. The molecular formula is C89H75N13O11S5. The first kappa shape index (κ1) is 83.4. The molecule has 0 radical (unpaired) electrons. The second-order valence-electron chi connectivity index (χ2n) is 27.2. The molecule has 13 aromatic rings. The van der Waals surface area contributed by atoms with Crippen LogP contribution in [-0.4, -0.2) is 67.8 Å². The predicted molar refractivity (Wildman–Crippen MR) is 463 cm³/mol. The van der Waals surface area contributed by atoms with E-state index in [0.29, 0.717) is 69.1 Å². The first-order valence-corrected chi connectivity index (χ1v) is 43.9. The maximum absolute atomic E-state index is 12.8. The van der Waals surface area contributed by atoms with Crippen LogP contribution in [0, 0.1) is 58.7 Å². The number of carbonyl (C=O) groups excluding carboxylic acids is 1. The SMILES string of the molecule is Cc1c[nH]c2c(NS(=O)(=O)c3cccc(C#N)c3)ccc(-c3ccccc3)c12.O=S(=O)(Nc1ncnc2[nH]ccc12)c1ccccc1.[C-]#[N+]c1cccc(S(=O)(=O)Nc2ccc(C)c3c2CC=C3)c1.[C-]#[N+]c1cccc(S(=O)(=O)Nc2ccc(C)c3c2CC=C3C(=O)CC)c1.[C-]#[N+]c1cccc(S(=O)(=O)Nc2ccc(C)c3c2CC=C3C)c1. The Kier molecular flexibility index (Phi) is 25.0. The number of rotatable bonds is 18. The quantitative estimate of drug-likeness (QED) is 0.0393. The molecule has 0 fully saturated rings. The Morgan fingerprint density at radius 2 is 0.949 bits per heavy atom. The number of Topliss-reactive ketones (excluding diaryl/α,β-unsaturated/α-hetero) is 1. The minimum atomic E-state index is -3.83. The summed E-state index contributed by atoms with van der Waals surface area (Å²) >= 11 is 0. The first-order chi connectivity index (χ1) is 56.5. The molecule has 3 aromatic heterocycles. The summed E-state index contributed by atoms with van der Waals surface area (Å²) in [5.74, 6) is 0.312. The Bertz CT molecular complexity index is 7040. The van der Waals surface area contributed by atoms with Crippen LogP contribution in [0.1, 0.15) is 81.5 Å². The Morgan fingerprint density at radius 1 is 0.475 bits per heavy atom. The van der Waals surface area contributed by atoms with Gasteiger partial charge in [0.05, 0.1) is 89.5 Å². The number of nitrogens with one attached hydrogen (secondary N) is 7. The van der Waals surface area contributed by atoms with Gasteiger partial charge in [0.25, 0.3) is 50.1 Å². The number of hydrogen-bond donors (Lipinski definition) is 7. The number of benzene rings is 10. The van der Waals surface area contributed by atoms with Crippen LogP contribution in [-0.2, 0) is 74.2 Å². The van der Waals surface area contributed by atoms with Crippen molar-refractivity contribution in [1.82, 2.24) is 19.9 Å². The molecule has 0 aliphatic heterocycles. The van der Waals surface area contributed by atoms with Crippen LogP contribution in [0.15, 0.2) is 274 Å². The van der Waals surface area contributed by atoms with Gasteiger partial charge in [-0.1, -0.05) is 146 Å². The van der Waals surface area contributed by atoms with Crippen molar-refractivity contribution in [3.8, 4) is 17.2 Å². The number of aryl methyl sites for hydroxylation is 4. The molecule has 0 amide bonds. The molecule has 10 aromatic carbocycles. The lowest BCUT2D eigenvalue weighted by molar-refractivity contribution is -0.113. The van der Waals surface area contributed by atoms with E-state index in [2.05, 4.69) is 64.2 Å². The molecule has 592 valence electrons. The third kappa shape index (κ3) is 18.7. The zero-order valence-electron chi connectivity index (χ0n) is 64.3. The van der Waals surface area contributed by atoms with Gasteiger partial charge >= 0.3 is 0 Å². The maximum Gasteiger partial charge on any atom is 0.263 e. The van der Waals surface area contributed by atoms with Gasteiger partial charge in [0.1, 0.15) is 12.0 Å². The van der Waals surface area contributed by atoms with E-state index in [4.69, 9.17) is 25.0 Å². The fourth-order valence-corrected chi connectivity index (χ4v) is 19.2. The van der Waals surface area contributed by atoms with E-state index >= 15 is 0 Å². The fraction of sp³-hybridized carbons (Fsp3) is 0.112. The largest absolute Gasteiger partial charge is 0.359 e. The lowest BCUT2D eigenvalue weighted by Crippen LogP contribution is -2.14. The number of hydrogen-bond acceptors (Lipinski definition) is 14. The van der Waals surface area contributed by atoms with Crippen LogP contribution < -0.4 is 23.6 Å². The highest BCUT2D eigenvalue weighted by Crippen LogP contribution is 2.41. The fourth-order valence-electron chi connectivity index (χ4n) is 13.6. The summed E-state index contributed by atoms with van der Waals surface area (Å²) in [7, 11) is -18.7. The van der Waals surface area contributed by atoms with E-state index in [0.717, 1.165) is 90.5 Å². The third-order valence-corrected chi connectivity index (χ3v) is 26.2. The van der Waals surface area contributed by atoms with Crippen LogP contribution in [0.4, 0.5) is 45.6 Å². The molecule has 29 heteroatoms. The molecule has 7 N–H and O–H groups in total. The van der Waals surface area contributed by atoms with Crippen LogP contribution in [0.2, 0.25) is 0 Å². The second-order valence-corrected chi connectivity index (χ2v) is 35.6. The summed E-state index contributed by atoms with van der Waals surface area (Å²) in [6.07, 6.45) is 15.2. The summed E-state index contributed by atoms with van der Waals surface area (Å²) in [5, 5.41) is 10.6. The van der Waals surface area contributed by atoms with Gasteiger partial charge < -0.3 is 9.97 Å². The summed E-state index contributed by atoms with van der Waals surface area (Å²) in [5.41, 5.74) is 18.6. The van der Waals surface area contributed by atoms with E-state index in [-0.39, 0.29) is 41.8 Å². The van der Waals surface area contributed by atoms with Crippen LogP contribution in [0.3, 0.4) is 0 Å². The molecule has 3 aliphatic carbocycles. The molecule has 0 saturated carbocycles. The standard InChI is InChI=1S/C22H17N3O2S.C20H18N2O3S.C18H16N2O2S.C17H14N2O2S.C12H10N4O2S/c1-15-14-24-22-20(11-10-19(21(15)22)17-7-3-2-4-8-17)25-28(26,27)18-9-5-6-16(12-18)13-23;1-4-19(23)17-10-9-16-18(11-8-13(2)20(16)17)22-26(24,25)15-7-5-6-14(12-15)21-3;1-12-7-9-16-17(10-8-13(2)18(12)16)20-23(21,22)15-6-4-5-14(11-15)19-3;1-12-9-10-17(16-8-4-7-15(12)16)19-22(20,21)14-6-3-5-13(11-14)18-2;17-19(18,9-4-2-1-3-5-9)16-12-10-6-7-13-11(10)14-8-15-12/h2-12,14,24-25H,1H3;5-8,10-12,22H,4,9H2,1-2H3;4-8,10-11,20H,9H2,1-2H3;3-7,9-11,19H,8H2,1H3;1-8H,(H2,13,14,15,16). The highest BCUT2D eigenvalue weighted by Gasteiger charge is 2.28. The molecular weight excluding hydrogens is 1590 g/mol. The number of carbonyl (C=O) groups is 1. The second kappa shape index (κ2) is 35.4. The van der Waals surface area contributed by atoms with Crippen molar-refractivity contribution >= 4 is 141 Å². The van der Waals surface area contributed by atoms with Gasteiger partial charge in [-0.15, -0.1) is 0 Å². The number of sulfonamides is 5. The zero-order chi connectivity index (χ0) is 84.3. The summed E-state index contributed by atoms with van der Waals surface area (Å²) in [4.78, 5) is 36.5. The molecule has 0 bridgehead atoms. The van der Waals surface area contributed by atoms with Gasteiger partial charge in [-0.05, 0) is 223 Å². The Balaban J connectivity index is 0.000000136. The van der Waals surface area contributed by atoms with E-state index in [1.54, 1.807) is 103 Å². The van der Waals surface area contributed by atoms with Crippen LogP contribution in [0.25, 0.3) is 64.8 Å². The average molecular weight is 1660 g/mol. The highest BCUT2D eigenvalue weighted by atomic mass is 32.2. The molecule has 3 heterocycles. The van der Waals surface area contributed by atoms with Gasteiger partial charge in [-0.25, -0.2) is 66.6 Å². The van der Waals surface area contributed by atoms with Crippen LogP contribution in [0.5, 0.6) is 0 Å². The number of fused-ring (bicyclic) bond motifs is 5. The van der Waals surface area contributed by atoms with E-state index in [1.165, 1.54) is 72.6 Å². The maximum atomic E-state index is 12.8. The minimum absolute atomic E-state index is 0.0381. The number of allylic oxidation sites excluding steroid dienone is 5. The number of aromatic amines is 2. The van der Waals surface area contributed by atoms with Gasteiger partial charge in [-0.3, -0.25) is 28.4 Å². The summed E-state index contributed by atoms with van der Waals surface area (Å²) < 4.78 is 139. The van der Waals surface area contributed by atoms with Gasteiger partial charge in [-0.2, -0.15) is 5.26 Å². The van der Waals surface area contributed by atoms with E-state index < -0.39 is 50.1 Å².